The normalized spacial score (nSPS) is 11.5. The van der Waals surface area contributed by atoms with Crippen molar-refractivity contribution in [2.45, 2.75) is 32.8 Å². The van der Waals surface area contributed by atoms with Gasteiger partial charge in [-0.2, -0.15) is 0 Å². The molecule has 0 aliphatic carbocycles. The summed E-state index contributed by atoms with van der Waals surface area (Å²) in [6.07, 6.45) is 0.833. The molecule has 0 unspecified atom stereocenters. The fourth-order valence-electron chi connectivity index (χ4n) is 1.93. The average molecular weight is 463 g/mol. The Bertz CT molecular complexity index is 545. The number of methoxy groups -OCH3 is 2. The Morgan fingerprint density at radius 2 is 1.80 bits per heavy atom. The topological polar surface area (TPSA) is 72.0 Å². The standard InChI is InChI=1S/C18H29N3O3.HI/c1-6-19-17(21-13-18(2,3)24-5)20-12-11-14-7-9-15(10-8-14)16(22)23-4;/h7-10H,6,11-13H2,1-5H3,(H2,19,20,21);1H. The molecular formula is C18H30IN3O3. The quantitative estimate of drug-likeness (QED) is 0.269. The molecule has 0 aliphatic rings. The number of rotatable bonds is 8. The maximum atomic E-state index is 11.4. The van der Waals surface area contributed by atoms with E-state index < -0.39 is 0 Å². The SMILES string of the molecule is CCNC(=NCC(C)(C)OC)NCCc1ccc(C(=O)OC)cc1.I. The van der Waals surface area contributed by atoms with Crippen molar-refractivity contribution in [3.63, 3.8) is 0 Å². The molecule has 0 amide bonds. The summed E-state index contributed by atoms with van der Waals surface area (Å²) < 4.78 is 10.1. The van der Waals surface area contributed by atoms with Gasteiger partial charge in [-0.05, 0) is 44.9 Å². The third-order valence-electron chi connectivity index (χ3n) is 3.60. The Balaban J connectivity index is 0.00000576. The van der Waals surface area contributed by atoms with Gasteiger partial charge < -0.3 is 20.1 Å². The van der Waals surface area contributed by atoms with Crippen LogP contribution in [0, 0.1) is 0 Å². The molecular weight excluding hydrogens is 433 g/mol. The zero-order chi connectivity index (χ0) is 18.0. The van der Waals surface area contributed by atoms with Gasteiger partial charge in [0.25, 0.3) is 0 Å². The third kappa shape index (κ3) is 9.06. The molecule has 0 fully saturated rings. The van der Waals surface area contributed by atoms with Crippen molar-refractivity contribution in [3.8, 4) is 0 Å². The molecule has 0 heterocycles. The highest BCUT2D eigenvalue weighted by Crippen LogP contribution is 2.07. The van der Waals surface area contributed by atoms with Gasteiger partial charge in [-0.1, -0.05) is 12.1 Å². The van der Waals surface area contributed by atoms with E-state index in [2.05, 4.69) is 15.6 Å². The largest absolute Gasteiger partial charge is 0.465 e. The van der Waals surface area contributed by atoms with Gasteiger partial charge in [-0.25, -0.2) is 4.79 Å². The summed E-state index contributed by atoms with van der Waals surface area (Å²) in [6.45, 7) is 8.16. The lowest BCUT2D eigenvalue weighted by atomic mass is 10.1. The smallest absolute Gasteiger partial charge is 0.337 e. The summed E-state index contributed by atoms with van der Waals surface area (Å²) >= 11 is 0. The van der Waals surface area contributed by atoms with Crippen LogP contribution < -0.4 is 10.6 Å². The van der Waals surface area contributed by atoms with Gasteiger partial charge in [0.15, 0.2) is 5.96 Å². The Morgan fingerprint density at radius 1 is 1.16 bits per heavy atom. The first-order valence-corrected chi connectivity index (χ1v) is 8.16. The lowest BCUT2D eigenvalue weighted by molar-refractivity contribution is 0.0310. The second-order valence-electron chi connectivity index (χ2n) is 6.02. The zero-order valence-corrected chi connectivity index (χ0v) is 18.0. The average Bonchev–Trinajstić information content (AvgIpc) is 2.59. The first kappa shape index (κ1) is 23.6. The van der Waals surface area contributed by atoms with E-state index in [-0.39, 0.29) is 35.5 Å². The van der Waals surface area contributed by atoms with E-state index in [0.717, 1.165) is 31.0 Å². The molecule has 6 nitrogen and oxygen atoms in total. The van der Waals surface area contributed by atoms with Crippen molar-refractivity contribution < 1.29 is 14.3 Å². The predicted octanol–water partition coefficient (Wildman–Crippen LogP) is 2.61. The van der Waals surface area contributed by atoms with Gasteiger partial charge in [-0.3, -0.25) is 4.99 Å². The molecule has 0 radical (unpaired) electrons. The highest BCUT2D eigenvalue weighted by atomic mass is 127. The molecule has 0 atom stereocenters. The van der Waals surface area contributed by atoms with E-state index in [9.17, 15) is 4.79 Å². The first-order chi connectivity index (χ1) is 11.4. The van der Waals surface area contributed by atoms with Crippen LogP contribution in [-0.4, -0.2) is 51.4 Å². The van der Waals surface area contributed by atoms with Gasteiger partial charge >= 0.3 is 5.97 Å². The molecule has 0 spiro atoms. The molecule has 2 N–H and O–H groups in total. The van der Waals surface area contributed by atoms with Crippen LogP contribution in [0.5, 0.6) is 0 Å². The Hall–Kier alpha value is -1.35. The lowest BCUT2D eigenvalue weighted by Crippen LogP contribution is -2.40. The molecule has 7 heteroatoms. The fraction of sp³-hybridized carbons (Fsp3) is 0.556. The van der Waals surface area contributed by atoms with Crippen LogP contribution in [0.1, 0.15) is 36.7 Å². The highest BCUT2D eigenvalue weighted by molar-refractivity contribution is 14.0. The highest BCUT2D eigenvalue weighted by Gasteiger charge is 2.15. The molecule has 0 aliphatic heterocycles. The van der Waals surface area contributed by atoms with E-state index in [0.29, 0.717) is 12.1 Å². The molecule has 0 aromatic heterocycles. The fourth-order valence-corrected chi connectivity index (χ4v) is 1.93. The summed E-state index contributed by atoms with van der Waals surface area (Å²) in [6, 6.07) is 7.43. The van der Waals surface area contributed by atoms with Gasteiger partial charge in [-0.15, -0.1) is 24.0 Å². The summed E-state index contributed by atoms with van der Waals surface area (Å²) in [4.78, 5) is 16.0. The molecule has 0 bridgehead atoms. The Labute approximate surface area is 167 Å². The predicted molar refractivity (Wildman–Crippen MR) is 112 cm³/mol. The van der Waals surface area contributed by atoms with Crippen LogP contribution in [0.3, 0.4) is 0 Å². The second-order valence-corrected chi connectivity index (χ2v) is 6.02. The molecule has 1 aromatic carbocycles. The van der Waals surface area contributed by atoms with E-state index in [1.807, 2.05) is 32.9 Å². The van der Waals surface area contributed by atoms with Crippen molar-refractivity contribution in [1.82, 2.24) is 10.6 Å². The Morgan fingerprint density at radius 3 is 2.32 bits per heavy atom. The number of carbonyl (C=O) groups is 1. The number of nitrogens with zero attached hydrogens (tertiary/aromatic N) is 1. The minimum Gasteiger partial charge on any atom is -0.465 e. The summed E-state index contributed by atoms with van der Waals surface area (Å²) in [5.41, 5.74) is 1.42. The number of aliphatic imine (C=N–C) groups is 1. The monoisotopic (exact) mass is 463 g/mol. The van der Waals surface area contributed by atoms with Crippen LogP contribution in [0.25, 0.3) is 0 Å². The second kappa shape index (κ2) is 12.1. The first-order valence-electron chi connectivity index (χ1n) is 8.16. The molecule has 0 saturated carbocycles. The maximum absolute atomic E-state index is 11.4. The number of halogens is 1. The van der Waals surface area contributed by atoms with Gasteiger partial charge in [0.1, 0.15) is 0 Å². The van der Waals surface area contributed by atoms with E-state index >= 15 is 0 Å². The van der Waals surface area contributed by atoms with Crippen LogP contribution in [0.15, 0.2) is 29.3 Å². The number of carbonyl (C=O) groups excluding carboxylic acids is 1. The zero-order valence-electron chi connectivity index (χ0n) is 15.7. The summed E-state index contributed by atoms with van der Waals surface area (Å²) in [7, 11) is 3.07. The van der Waals surface area contributed by atoms with Crippen LogP contribution in [0.4, 0.5) is 0 Å². The maximum Gasteiger partial charge on any atom is 0.337 e. The number of hydrogen-bond acceptors (Lipinski definition) is 4. The molecule has 1 rings (SSSR count). The minimum absolute atomic E-state index is 0. The van der Waals surface area contributed by atoms with E-state index in [1.165, 1.54) is 7.11 Å². The van der Waals surface area contributed by atoms with Crippen LogP contribution in [0.2, 0.25) is 0 Å². The van der Waals surface area contributed by atoms with Crippen molar-refractivity contribution in [2.75, 3.05) is 33.9 Å². The van der Waals surface area contributed by atoms with Crippen molar-refractivity contribution in [3.05, 3.63) is 35.4 Å². The summed E-state index contributed by atoms with van der Waals surface area (Å²) in [5.74, 6) is 0.454. The van der Waals surface area contributed by atoms with Crippen LogP contribution in [-0.2, 0) is 15.9 Å². The molecule has 142 valence electrons. The number of ether oxygens (including phenoxy) is 2. The lowest BCUT2D eigenvalue weighted by Gasteiger charge is -2.21. The number of nitrogens with one attached hydrogen (secondary N) is 2. The minimum atomic E-state index is -0.318. The Kier molecular flexibility index (Phi) is 11.4. The van der Waals surface area contributed by atoms with Crippen molar-refractivity contribution >= 4 is 35.9 Å². The van der Waals surface area contributed by atoms with E-state index in [1.54, 1.807) is 19.2 Å². The third-order valence-corrected chi connectivity index (χ3v) is 3.60. The van der Waals surface area contributed by atoms with Gasteiger partial charge in [0.05, 0.1) is 24.8 Å². The molecule has 25 heavy (non-hydrogen) atoms. The number of benzene rings is 1. The number of guanidine groups is 1. The number of esters is 1. The number of hydrogen-bond donors (Lipinski definition) is 2. The van der Waals surface area contributed by atoms with Gasteiger partial charge in [0, 0.05) is 20.2 Å². The van der Waals surface area contributed by atoms with Crippen LogP contribution >= 0.6 is 24.0 Å². The molecule has 0 saturated heterocycles. The van der Waals surface area contributed by atoms with Crippen molar-refractivity contribution in [1.29, 1.82) is 0 Å². The molecule has 1 aromatic rings. The van der Waals surface area contributed by atoms with Crippen molar-refractivity contribution in [2.24, 2.45) is 4.99 Å². The van der Waals surface area contributed by atoms with E-state index in [4.69, 9.17) is 9.47 Å². The van der Waals surface area contributed by atoms with Gasteiger partial charge in [0.2, 0.25) is 0 Å². The summed E-state index contributed by atoms with van der Waals surface area (Å²) in [5, 5.41) is 6.53.